The van der Waals surface area contributed by atoms with Crippen molar-refractivity contribution in [2.45, 2.75) is 6.54 Å². The van der Waals surface area contributed by atoms with Crippen LogP contribution in [0, 0.1) is 0 Å². The quantitative estimate of drug-likeness (QED) is 0.577. The number of benzene rings is 2. The van der Waals surface area contributed by atoms with Crippen LogP contribution in [-0.4, -0.2) is 37.4 Å². The summed E-state index contributed by atoms with van der Waals surface area (Å²) in [6, 6.07) is 11.0. The van der Waals surface area contributed by atoms with Gasteiger partial charge in [0.15, 0.2) is 11.5 Å². The van der Waals surface area contributed by atoms with Gasteiger partial charge in [0.25, 0.3) is 11.1 Å². The predicted molar refractivity (Wildman–Crippen MR) is 112 cm³/mol. The minimum atomic E-state index is -0.330. The smallest absolute Gasteiger partial charge is 0.293 e. The van der Waals surface area contributed by atoms with Crippen LogP contribution in [0.15, 0.2) is 45.8 Å². The number of rotatable bonds is 6. The number of carbonyl (C=O) groups excluding carboxylic acids is 2. The molecule has 0 unspecified atom stereocenters. The third-order valence-corrected chi connectivity index (χ3v) is 5.49. The molecule has 2 amide bonds. The van der Waals surface area contributed by atoms with Crippen molar-refractivity contribution in [2.24, 2.45) is 0 Å². The first kappa shape index (κ1) is 20.3. The molecule has 0 saturated carbocycles. The monoisotopic (exact) mass is 463 g/mol. The Hall–Kier alpha value is -2.45. The van der Waals surface area contributed by atoms with E-state index in [1.807, 2.05) is 24.3 Å². The zero-order valence-corrected chi connectivity index (χ0v) is 17.9. The molecule has 0 N–H and O–H groups in total. The average molecular weight is 464 g/mol. The van der Waals surface area contributed by atoms with E-state index in [9.17, 15) is 9.59 Å². The van der Waals surface area contributed by atoms with Crippen LogP contribution < -0.4 is 14.2 Å². The highest BCUT2D eigenvalue weighted by atomic mass is 79.9. The molecule has 0 bridgehead atoms. The summed E-state index contributed by atoms with van der Waals surface area (Å²) in [5.41, 5.74) is 1.54. The van der Waals surface area contributed by atoms with Crippen molar-refractivity contribution < 1.29 is 23.8 Å². The van der Waals surface area contributed by atoms with E-state index in [1.165, 1.54) is 26.2 Å². The highest BCUT2D eigenvalue weighted by molar-refractivity contribution is 9.10. The molecule has 1 fully saturated rings. The van der Waals surface area contributed by atoms with Gasteiger partial charge in [-0.15, -0.1) is 0 Å². The Balaban J connectivity index is 1.89. The normalized spacial score (nSPS) is 15.3. The average Bonchev–Trinajstić information content (AvgIpc) is 2.94. The summed E-state index contributed by atoms with van der Waals surface area (Å²) in [7, 11) is 4.56. The minimum Gasteiger partial charge on any atom is -0.493 e. The molecule has 0 radical (unpaired) electrons. The summed E-state index contributed by atoms with van der Waals surface area (Å²) in [4.78, 5) is 26.7. The molecule has 3 rings (SSSR count). The van der Waals surface area contributed by atoms with Crippen LogP contribution in [-0.2, 0) is 11.3 Å². The summed E-state index contributed by atoms with van der Waals surface area (Å²) in [5, 5.41) is -0.302. The van der Waals surface area contributed by atoms with Gasteiger partial charge in [-0.3, -0.25) is 14.5 Å². The number of amides is 2. The van der Waals surface area contributed by atoms with Crippen LogP contribution >= 0.6 is 27.7 Å². The molecule has 0 atom stereocenters. The van der Waals surface area contributed by atoms with E-state index < -0.39 is 0 Å². The number of ether oxygens (including phenoxy) is 3. The lowest BCUT2D eigenvalue weighted by atomic mass is 10.1. The molecule has 28 heavy (non-hydrogen) atoms. The molecular formula is C20H18BrNO5S. The van der Waals surface area contributed by atoms with E-state index in [4.69, 9.17) is 14.2 Å². The Bertz CT molecular complexity index is 934. The van der Waals surface area contributed by atoms with Gasteiger partial charge in [-0.2, -0.15) is 0 Å². The Kier molecular flexibility index (Phi) is 6.31. The number of hydrogen-bond acceptors (Lipinski definition) is 6. The zero-order chi connectivity index (χ0) is 20.3. The highest BCUT2D eigenvalue weighted by Gasteiger charge is 2.35. The van der Waals surface area contributed by atoms with Crippen LogP contribution in [0.1, 0.15) is 11.1 Å². The van der Waals surface area contributed by atoms with Crippen molar-refractivity contribution in [2.75, 3.05) is 21.3 Å². The van der Waals surface area contributed by atoms with Crippen LogP contribution in [0.2, 0.25) is 0 Å². The van der Waals surface area contributed by atoms with E-state index >= 15 is 0 Å². The minimum absolute atomic E-state index is 0.219. The Morgan fingerprint density at radius 1 is 1.04 bits per heavy atom. The molecule has 1 aliphatic rings. The maximum atomic E-state index is 12.8. The summed E-state index contributed by atoms with van der Waals surface area (Å²) < 4.78 is 16.9. The number of carbonyl (C=O) groups is 2. The third-order valence-electron chi connectivity index (χ3n) is 4.09. The van der Waals surface area contributed by atoms with Gasteiger partial charge in [0.05, 0.1) is 32.8 Å². The molecule has 2 aromatic rings. The van der Waals surface area contributed by atoms with Gasteiger partial charge >= 0.3 is 0 Å². The molecule has 6 nitrogen and oxygen atoms in total. The Morgan fingerprint density at radius 2 is 1.71 bits per heavy atom. The fraction of sp³-hybridized carbons (Fsp3) is 0.200. The van der Waals surface area contributed by atoms with Crippen molar-refractivity contribution in [3.8, 4) is 17.2 Å². The second-order valence-corrected chi connectivity index (χ2v) is 7.77. The molecule has 0 aromatic heterocycles. The fourth-order valence-electron chi connectivity index (χ4n) is 2.79. The number of imide groups is 1. The summed E-state index contributed by atoms with van der Waals surface area (Å²) in [6.07, 6.45) is 1.65. The van der Waals surface area contributed by atoms with Crippen molar-refractivity contribution in [3.63, 3.8) is 0 Å². The van der Waals surface area contributed by atoms with E-state index in [0.29, 0.717) is 27.7 Å². The van der Waals surface area contributed by atoms with Gasteiger partial charge in [-0.1, -0.05) is 28.1 Å². The number of thioether (sulfide) groups is 1. The van der Waals surface area contributed by atoms with Crippen molar-refractivity contribution in [1.29, 1.82) is 0 Å². The molecule has 2 aromatic carbocycles. The van der Waals surface area contributed by atoms with Crippen molar-refractivity contribution in [3.05, 3.63) is 56.9 Å². The lowest BCUT2D eigenvalue weighted by molar-refractivity contribution is -0.123. The third kappa shape index (κ3) is 4.18. The number of hydrogen-bond donors (Lipinski definition) is 0. The lowest BCUT2D eigenvalue weighted by Gasteiger charge is -2.13. The zero-order valence-electron chi connectivity index (χ0n) is 15.5. The molecular weight excluding hydrogens is 446 g/mol. The maximum absolute atomic E-state index is 12.8. The molecule has 1 heterocycles. The summed E-state index contributed by atoms with van der Waals surface area (Å²) in [5.74, 6) is 1.08. The van der Waals surface area contributed by atoms with Crippen molar-refractivity contribution in [1.82, 2.24) is 4.90 Å². The summed E-state index contributed by atoms with van der Waals surface area (Å²) in [6.45, 7) is 0.219. The van der Waals surface area contributed by atoms with Crippen LogP contribution in [0.5, 0.6) is 17.2 Å². The van der Waals surface area contributed by atoms with Crippen molar-refractivity contribution >= 4 is 44.9 Å². The number of nitrogens with zero attached hydrogens (tertiary/aromatic N) is 1. The van der Waals surface area contributed by atoms with Gasteiger partial charge in [0, 0.05) is 4.47 Å². The van der Waals surface area contributed by atoms with E-state index in [-0.39, 0.29) is 17.7 Å². The first-order valence-corrected chi connectivity index (χ1v) is 9.87. The highest BCUT2D eigenvalue weighted by Crippen LogP contribution is 2.40. The summed E-state index contributed by atoms with van der Waals surface area (Å²) >= 11 is 4.31. The molecule has 0 spiro atoms. The largest absolute Gasteiger partial charge is 0.493 e. The topological polar surface area (TPSA) is 65.1 Å². The van der Waals surface area contributed by atoms with Gasteiger partial charge < -0.3 is 14.2 Å². The van der Waals surface area contributed by atoms with E-state index in [2.05, 4.69) is 15.9 Å². The first-order chi connectivity index (χ1) is 13.5. The van der Waals surface area contributed by atoms with Gasteiger partial charge in [-0.05, 0) is 53.2 Å². The first-order valence-electron chi connectivity index (χ1n) is 8.26. The standard InChI is InChI=1S/C20H18BrNO5S/c1-25-15-8-13(9-16(26-2)18(15)27-3)10-17-19(23)22(20(24)28-17)11-12-5-4-6-14(21)7-12/h4-10H,11H2,1-3H3/b17-10+. The second-order valence-electron chi connectivity index (χ2n) is 5.86. The molecule has 0 aliphatic carbocycles. The maximum Gasteiger partial charge on any atom is 0.293 e. The molecule has 1 aliphatic heterocycles. The second kappa shape index (κ2) is 8.70. The van der Waals surface area contributed by atoms with E-state index in [1.54, 1.807) is 18.2 Å². The SMILES string of the molecule is COc1cc(/C=C2/SC(=O)N(Cc3cccc(Br)c3)C2=O)cc(OC)c1OC. The predicted octanol–water partition coefficient (Wildman–Crippen LogP) is 4.71. The van der Waals surface area contributed by atoms with Gasteiger partial charge in [-0.25, -0.2) is 0 Å². The Labute approximate surface area is 175 Å². The fourth-order valence-corrected chi connectivity index (χ4v) is 4.08. The molecule has 1 saturated heterocycles. The van der Waals surface area contributed by atoms with Crippen LogP contribution in [0.25, 0.3) is 6.08 Å². The lowest BCUT2D eigenvalue weighted by Crippen LogP contribution is -2.27. The molecule has 8 heteroatoms. The van der Waals surface area contributed by atoms with Crippen LogP contribution in [0.3, 0.4) is 0 Å². The number of methoxy groups -OCH3 is 3. The Morgan fingerprint density at radius 3 is 2.29 bits per heavy atom. The number of halogens is 1. The van der Waals surface area contributed by atoms with Gasteiger partial charge in [0.1, 0.15) is 0 Å². The van der Waals surface area contributed by atoms with E-state index in [0.717, 1.165) is 21.8 Å². The molecule has 146 valence electrons. The van der Waals surface area contributed by atoms with Crippen LogP contribution in [0.4, 0.5) is 4.79 Å². The van der Waals surface area contributed by atoms with Gasteiger partial charge in [0.2, 0.25) is 5.75 Å².